The number of carbonyl (C=O) groups is 2. The number of amides is 2. The Morgan fingerprint density at radius 2 is 1.90 bits per heavy atom. The van der Waals surface area contributed by atoms with Crippen molar-refractivity contribution in [1.29, 1.82) is 0 Å². The monoisotopic (exact) mass is 314 g/mol. The van der Waals surface area contributed by atoms with Crippen molar-refractivity contribution in [3.8, 4) is 11.5 Å². The highest BCUT2D eigenvalue weighted by Crippen LogP contribution is 2.36. The van der Waals surface area contributed by atoms with Gasteiger partial charge in [0.15, 0.2) is 0 Å². The number of hydrogen-bond donors (Lipinski definition) is 2. The molecule has 1 aromatic rings. The Bertz CT molecular complexity index is 572. The van der Waals surface area contributed by atoms with Crippen LogP contribution in [-0.4, -0.2) is 49.3 Å². The first-order valence-corrected chi connectivity index (χ1v) is 6.54. The zero-order chi connectivity index (χ0) is 15.6. The van der Waals surface area contributed by atoms with Gasteiger partial charge >= 0.3 is 12.0 Å². The zero-order valence-corrected chi connectivity index (χ0v) is 12.3. The van der Waals surface area contributed by atoms with Crippen LogP contribution < -0.4 is 14.8 Å². The molecule has 7 nitrogen and oxygen atoms in total. The molecule has 0 aliphatic carbocycles. The third-order valence-corrected chi connectivity index (χ3v) is 3.53. The van der Waals surface area contributed by atoms with Crippen molar-refractivity contribution in [2.45, 2.75) is 0 Å². The number of carboxylic acid groups (broad SMARTS) is 1. The number of anilines is 1. The minimum Gasteiger partial charge on any atom is -0.495 e. The lowest BCUT2D eigenvalue weighted by atomic mass is 10.0. The van der Waals surface area contributed by atoms with E-state index in [2.05, 4.69) is 5.32 Å². The first kappa shape index (κ1) is 15.2. The summed E-state index contributed by atoms with van der Waals surface area (Å²) in [5, 5.41) is 11.8. The molecule has 2 rings (SSSR count). The molecule has 1 heterocycles. The number of nitrogens with zero attached hydrogens (tertiary/aromatic N) is 1. The fraction of sp³-hybridized carbons (Fsp3) is 0.385. The summed E-state index contributed by atoms with van der Waals surface area (Å²) in [5.74, 6) is -0.567. The van der Waals surface area contributed by atoms with Gasteiger partial charge in [-0.25, -0.2) is 4.79 Å². The normalized spacial score (nSPS) is 14.3. The Kier molecular flexibility index (Phi) is 4.42. The smallest absolute Gasteiger partial charge is 0.321 e. The van der Waals surface area contributed by atoms with Crippen molar-refractivity contribution < 1.29 is 24.2 Å². The summed E-state index contributed by atoms with van der Waals surface area (Å²) in [5.41, 5.74) is 0.395. The molecule has 114 valence electrons. The highest BCUT2D eigenvalue weighted by Gasteiger charge is 2.35. The summed E-state index contributed by atoms with van der Waals surface area (Å²) >= 11 is 6.01. The lowest BCUT2D eigenvalue weighted by Crippen LogP contribution is -2.54. The SMILES string of the molecule is COc1cc(OC)c(NC(=O)N2CC(C(=O)O)C2)cc1Cl. The van der Waals surface area contributed by atoms with E-state index in [0.29, 0.717) is 22.2 Å². The van der Waals surface area contributed by atoms with Gasteiger partial charge in [-0.05, 0) is 6.07 Å². The molecule has 0 aromatic heterocycles. The third-order valence-electron chi connectivity index (χ3n) is 3.23. The summed E-state index contributed by atoms with van der Waals surface area (Å²) in [7, 11) is 2.94. The number of aliphatic carboxylic acids is 1. The van der Waals surface area contributed by atoms with Crippen molar-refractivity contribution in [3.05, 3.63) is 17.2 Å². The van der Waals surface area contributed by atoms with Crippen molar-refractivity contribution in [3.63, 3.8) is 0 Å². The number of benzene rings is 1. The van der Waals surface area contributed by atoms with Crippen LogP contribution in [0.2, 0.25) is 5.02 Å². The number of halogens is 1. The Balaban J connectivity index is 2.07. The van der Waals surface area contributed by atoms with Crippen molar-refractivity contribution in [2.24, 2.45) is 5.92 Å². The fourth-order valence-electron chi connectivity index (χ4n) is 1.95. The molecule has 1 aliphatic heterocycles. The van der Waals surface area contributed by atoms with E-state index in [1.807, 2.05) is 0 Å². The quantitative estimate of drug-likeness (QED) is 0.886. The molecule has 0 bridgehead atoms. The molecule has 2 N–H and O–H groups in total. The highest BCUT2D eigenvalue weighted by atomic mass is 35.5. The lowest BCUT2D eigenvalue weighted by Gasteiger charge is -2.36. The molecule has 8 heteroatoms. The highest BCUT2D eigenvalue weighted by molar-refractivity contribution is 6.32. The van der Waals surface area contributed by atoms with Crippen LogP contribution >= 0.6 is 11.6 Å². The van der Waals surface area contributed by atoms with Gasteiger partial charge in [-0.3, -0.25) is 4.79 Å². The maximum atomic E-state index is 12.0. The number of carbonyl (C=O) groups excluding carboxylic acids is 1. The number of rotatable bonds is 4. The van der Waals surface area contributed by atoms with E-state index in [9.17, 15) is 9.59 Å². The molecule has 0 saturated carbocycles. The number of likely N-dealkylation sites (tertiary alicyclic amines) is 1. The first-order valence-electron chi connectivity index (χ1n) is 6.16. The molecular weight excluding hydrogens is 300 g/mol. The van der Waals surface area contributed by atoms with E-state index in [1.54, 1.807) is 6.07 Å². The molecule has 0 unspecified atom stereocenters. The van der Waals surface area contributed by atoms with E-state index < -0.39 is 17.9 Å². The molecule has 1 fully saturated rings. The minimum absolute atomic E-state index is 0.188. The molecule has 1 saturated heterocycles. The van der Waals surface area contributed by atoms with Gasteiger partial charge < -0.3 is 24.8 Å². The lowest BCUT2D eigenvalue weighted by molar-refractivity contribution is -0.145. The van der Waals surface area contributed by atoms with Crippen LogP contribution in [-0.2, 0) is 4.79 Å². The van der Waals surface area contributed by atoms with Gasteiger partial charge in [0.25, 0.3) is 0 Å². The number of hydrogen-bond acceptors (Lipinski definition) is 4. The van der Waals surface area contributed by atoms with E-state index in [-0.39, 0.29) is 13.1 Å². The number of nitrogens with one attached hydrogen (secondary N) is 1. The van der Waals surface area contributed by atoms with Gasteiger partial charge in [0.05, 0.1) is 30.8 Å². The molecule has 0 atom stereocenters. The zero-order valence-electron chi connectivity index (χ0n) is 11.6. The van der Waals surface area contributed by atoms with Gasteiger partial charge in [-0.15, -0.1) is 0 Å². The molecule has 2 amide bonds. The van der Waals surface area contributed by atoms with Crippen LogP contribution in [0.25, 0.3) is 0 Å². The molecule has 21 heavy (non-hydrogen) atoms. The molecule has 0 spiro atoms. The predicted molar refractivity (Wildman–Crippen MR) is 76.3 cm³/mol. The number of urea groups is 1. The Morgan fingerprint density at radius 1 is 1.29 bits per heavy atom. The first-order chi connectivity index (χ1) is 9.96. The van der Waals surface area contributed by atoms with Gasteiger partial charge in [-0.2, -0.15) is 0 Å². The largest absolute Gasteiger partial charge is 0.495 e. The topological polar surface area (TPSA) is 88.1 Å². The predicted octanol–water partition coefficient (Wildman–Crippen LogP) is 1.91. The van der Waals surface area contributed by atoms with E-state index in [0.717, 1.165) is 0 Å². The summed E-state index contributed by atoms with van der Waals surface area (Å²) in [4.78, 5) is 24.1. The van der Waals surface area contributed by atoms with Crippen LogP contribution in [0, 0.1) is 5.92 Å². The van der Waals surface area contributed by atoms with Gasteiger partial charge in [0.1, 0.15) is 11.5 Å². The third kappa shape index (κ3) is 3.13. The summed E-state index contributed by atoms with van der Waals surface area (Å²) in [6, 6.07) is 2.69. The second kappa shape index (κ2) is 6.09. The summed E-state index contributed by atoms with van der Waals surface area (Å²) in [6.07, 6.45) is 0. The van der Waals surface area contributed by atoms with Gasteiger partial charge in [-0.1, -0.05) is 11.6 Å². The van der Waals surface area contributed by atoms with Crippen molar-refractivity contribution >= 4 is 29.3 Å². The van der Waals surface area contributed by atoms with Crippen molar-refractivity contribution in [2.75, 3.05) is 32.6 Å². The van der Waals surface area contributed by atoms with Gasteiger partial charge in [0, 0.05) is 19.2 Å². The average Bonchev–Trinajstić information content (AvgIpc) is 2.36. The van der Waals surface area contributed by atoms with E-state index in [1.165, 1.54) is 25.2 Å². The fourth-order valence-corrected chi connectivity index (χ4v) is 2.19. The number of methoxy groups -OCH3 is 2. The molecular formula is C13H15ClN2O5. The summed E-state index contributed by atoms with van der Waals surface area (Å²) in [6.45, 7) is 0.376. The second-order valence-electron chi connectivity index (χ2n) is 4.56. The standard InChI is InChI=1S/C13H15ClN2O5/c1-20-10-4-11(21-2)9(3-8(10)14)15-13(19)16-5-7(6-16)12(17)18/h3-4,7H,5-6H2,1-2H3,(H,15,19)(H,17,18). The van der Waals surface area contributed by atoms with E-state index >= 15 is 0 Å². The van der Waals surface area contributed by atoms with Crippen LogP contribution in [0.15, 0.2) is 12.1 Å². The average molecular weight is 315 g/mol. The molecule has 1 aliphatic rings. The Morgan fingerprint density at radius 3 is 2.43 bits per heavy atom. The van der Waals surface area contributed by atoms with Crippen molar-refractivity contribution in [1.82, 2.24) is 4.90 Å². The van der Waals surface area contributed by atoms with Crippen LogP contribution in [0.3, 0.4) is 0 Å². The van der Waals surface area contributed by atoms with Crippen LogP contribution in [0.1, 0.15) is 0 Å². The number of ether oxygens (including phenoxy) is 2. The van der Waals surface area contributed by atoms with E-state index in [4.69, 9.17) is 26.2 Å². The Labute approximate surface area is 126 Å². The molecule has 0 radical (unpaired) electrons. The van der Waals surface area contributed by atoms with Gasteiger partial charge in [0.2, 0.25) is 0 Å². The van der Waals surface area contributed by atoms with Crippen LogP contribution in [0.5, 0.6) is 11.5 Å². The second-order valence-corrected chi connectivity index (χ2v) is 4.96. The number of carboxylic acids is 1. The maximum Gasteiger partial charge on any atom is 0.321 e. The minimum atomic E-state index is -0.899. The summed E-state index contributed by atoms with van der Waals surface area (Å²) < 4.78 is 10.2. The maximum absolute atomic E-state index is 12.0. The van der Waals surface area contributed by atoms with Crippen LogP contribution in [0.4, 0.5) is 10.5 Å². The Hall–Kier alpha value is -2.15. The molecule has 1 aromatic carbocycles.